The number of hydrogen-bond acceptors (Lipinski definition) is 4. The fourth-order valence-electron chi connectivity index (χ4n) is 2.44. The first-order valence-electron chi connectivity index (χ1n) is 7.95. The van der Waals surface area contributed by atoms with Gasteiger partial charge in [0.05, 0.1) is 5.52 Å². The molecule has 0 aliphatic carbocycles. The number of nitrogens with one attached hydrogen (secondary N) is 1. The Bertz CT molecular complexity index is 960. The number of nitrogens with zero attached hydrogens (tertiary/aromatic N) is 2. The van der Waals surface area contributed by atoms with Gasteiger partial charge in [-0.05, 0) is 50.1 Å². The number of amides is 1. The van der Waals surface area contributed by atoms with Crippen LogP contribution in [0.15, 0.2) is 52.7 Å². The van der Waals surface area contributed by atoms with Crippen molar-refractivity contribution in [3.8, 4) is 11.6 Å². The van der Waals surface area contributed by atoms with Crippen LogP contribution in [0, 0.1) is 13.8 Å². The topological polar surface area (TPSA) is 87.0 Å². The Kier molecular flexibility index (Phi) is 4.52. The van der Waals surface area contributed by atoms with E-state index in [1.54, 1.807) is 19.1 Å². The number of aromatic nitrogens is 1. The maximum atomic E-state index is 12.2. The lowest BCUT2D eigenvalue weighted by molar-refractivity contribution is -0.124. The van der Waals surface area contributed by atoms with Crippen molar-refractivity contribution in [1.29, 1.82) is 0 Å². The van der Waals surface area contributed by atoms with Crippen LogP contribution in [-0.2, 0) is 4.79 Å². The minimum Gasteiger partial charge on any atom is -0.493 e. The molecule has 1 atom stereocenters. The van der Waals surface area contributed by atoms with Crippen molar-refractivity contribution in [1.82, 2.24) is 4.98 Å². The Hall–Kier alpha value is -3.15. The fourth-order valence-corrected chi connectivity index (χ4v) is 2.44. The summed E-state index contributed by atoms with van der Waals surface area (Å²) in [6.07, 6.45) is -0.779. The summed E-state index contributed by atoms with van der Waals surface area (Å²) in [6, 6.07) is 12.9. The van der Waals surface area contributed by atoms with Crippen molar-refractivity contribution in [2.45, 2.75) is 26.9 Å². The van der Waals surface area contributed by atoms with Crippen LogP contribution in [0.2, 0.25) is 0 Å². The molecule has 3 aromatic rings. The van der Waals surface area contributed by atoms with Gasteiger partial charge < -0.3 is 14.8 Å². The third-order valence-electron chi connectivity index (χ3n) is 4.05. The van der Waals surface area contributed by atoms with E-state index < -0.39 is 12.0 Å². The van der Waals surface area contributed by atoms with Crippen molar-refractivity contribution in [2.24, 2.45) is 10.2 Å². The summed E-state index contributed by atoms with van der Waals surface area (Å²) in [6.45, 7) is 5.61. The second-order valence-corrected chi connectivity index (χ2v) is 5.91. The zero-order valence-electron chi connectivity index (χ0n) is 14.3. The van der Waals surface area contributed by atoms with E-state index in [0.717, 1.165) is 16.6 Å². The first-order chi connectivity index (χ1) is 12.0. The number of aromatic amines is 1. The number of azo groups is 1. The zero-order valence-corrected chi connectivity index (χ0v) is 14.3. The molecule has 0 radical (unpaired) electrons. The van der Waals surface area contributed by atoms with E-state index in [9.17, 15) is 9.90 Å². The third kappa shape index (κ3) is 3.52. The number of benzene rings is 2. The van der Waals surface area contributed by atoms with Gasteiger partial charge in [-0.2, -0.15) is 0 Å². The number of ether oxygens (including phenoxy) is 1. The monoisotopic (exact) mass is 337 g/mol. The van der Waals surface area contributed by atoms with Crippen molar-refractivity contribution in [3.63, 3.8) is 0 Å². The lowest BCUT2D eigenvalue weighted by Gasteiger charge is -2.12. The first kappa shape index (κ1) is 16.7. The standard InChI is InChI=1S/C19H19N3O3/c1-11-8-9-14(10-12(11)2)25-13(3)18(23)22-21-17-15-6-4-5-7-16(15)20-19(17)24/h4-10,13,20,24H,1-3H3. The average Bonchev–Trinajstić information content (AvgIpc) is 2.91. The first-order valence-corrected chi connectivity index (χ1v) is 7.95. The van der Waals surface area contributed by atoms with E-state index in [-0.39, 0.29) is 11.6 Å². The number of aryl methyl sites for hydroxylation is 2. The summed E-state index contributed by atoms with van der Waals surface area (Å²) in [4.78, 5) is 15.0. The number of para-hydroxylation sites is 1. The highest BCUT2D eigenvalue weighted by molar-refractivity contribution is 5.94. The summed E-state index contributed by atoms with van der Waals surface area (Å²) in [5, 5.41) is 18.2. The molecule has 0 bridgehead atoms. The molecule has 0 saturated heterocycles. The number of carbonyl (C=O) groups excluding carboxylic acids is 1. The molecule has 0 fully saturated rings. The van der Waals surface area contributed by atoms with E-state index in [4.69, 9.17) is 4.74 Å². The molecule has 6 nitrogen and oxygen atoms in total. The van der Waals surface area contributed by atoms with Gasteiger partial charge in [0.1, 0.15) is 5.75 Å². The summed E-state index contributed by atoms with van der Waals surface area (Å²) in [5.41, 5.74) is 3.20. The molecule has 1 unspecified atom stereocenters. The highest BCUT2D eigenvalue weighted by Crippen LogP contribution is 2.35. The summed E-state index contributed by atoms with van der Waals surface area (Å²) >= 11 is 0. The van der Waals surface area contributed by atoms with Crippen molar-refractivity contribution >= 4 is 22.5 Å². The lowest BCUT2D eigenvalue weighted by atomic mass is 10.1. The van der Waals surface area contributed by atoms with Crippen LogP contribution >= 0.6 is 0 Å². The van der Waals surface area contributed by atoms with Gasteiger partial charge in [-0.1, -0.05) is 24.3 Å². The van der Waals surface area contributed by atoms with E-state index in [2.05, 4.69) is 15.2 Å². The molecule has 1 heterocycles. The quantitative estimate of drug-likeness (QED) is 0.684. The summed E-state index contributed by atoms with van der Waals surface area (Å²) < 4.78 is 5.63. The largest absolute Gasteiger partial charge is 0.493 e. The minimum atomic E-state index is -0.779. The van der Waals surface area contributed by atoms with Crippen LogP contribution in [0.1, 0.15) is 18.1 Å². The van der Waals surface area contributed by atoms with Crippen LogP contribution in [0.25, 0.3) is 10.9 Å². The smallest absolute Gasteiger partial charge is 0.304 e. The second kappa shape index (κ2) is 6.76. The Morgan fingerprint density at radius 3 is 2.68 bits per heavy atom. The molecule has 6 heteroatoms. The molecule has 128 valence electrons. The Balaban J connectivity index is 1.75. The molecular weight excluding hydrogens is 318 g/mol. The van der Waals surface area contributed by atoms with Gasteiger partial charge in [-0.3, -0.25) is 4.79 Å². The Morgan fingerprint density at radius 1 is 1.16 bits per heavy atom. The fraction of sp³-hybridized carbons (Fsp3) is 0.211. The molecule has 0 aliphatic heterocycles. The minimum absolute atomic E-state index is 0.125. The maximum absolute atomic E-state index is 12.2. The van der Waals surface area contributed by atoms with Gasteiger partial charge in [0.2, 0.25) is 5.88 Å². The number of fused-ring (bicyclic) bond motifs is 1. The van der Waals surface area contributed by atoms with E-state index in [1.807, 2.05) is 44.2 Å². The average molecular weight is 337 g/mol. The second-order valence-electron chi connectivity index (χ2n) is 5.91. The van der Waals surface area contributed by atoms with E-state index in [1.165, 1.54) is 0 Å². The zero-order chi connectivity index (χ0) is 18.0. The summed E-state index contributed by atoms with van der Waals surface area (Å²) in [7, 11) is 0. The number of aromatic hydroxyl groups is 1. The lowest BCUT2D eigenvalue weighted by Crippen LogP contribution is -2.21. The van der Waals surface area contributed by atoms with Gasteiger partial charge >= 0.3 is 5.91 Å². The van der Waals surface area contributed by atoms with Crippen molar-refractivity contribution in [3.05, 3.63) is 53.6 Å². The van der Waals surface area contributed by atoms with E-state index >= 15 is 0 Å². The number of rotatable bonds is 4. The van der Waals surface area contributed by atoms with Crippen LogP contribution in [-0.4, -0.2) is 22.1 Å². The molecule has 1 aromatic heterocycles. The van der Waals surface area contributed by atoms with Gasteiger partial charge in [0.25, 0.3) is 0 Å². The predicted molar refractivity (Wildman–Crippen MR) is 95.5 cm³/mol. The number of hydrogen-bond donors (Lipinski definition) is 2. The SMILES string of the molecule is Cc1ccc(OC(C)C(=O)N=Nc2c(O)[nH]c3ccccc23)cc1C. The van der Waals surface area contributed by atoms with Crippen LogP contribution < -0.4 is 4.74 Å². The van der Waals surface area contributed by atoms with Crippen LogP contribution in [0.5, 0.6) is 11.6 Å². The molecule has 0 saturated carbocycles. The molecule has 25 heavy (non-hydrogen) atoms. The van der Waals surface area contributed by atoms with Gasteiger partial charge in [0, 0.05) is 5.39 Å². The molecule has 0 spiro atoms. The highest BCUT2D eigenvalue weighted by atomic mass is 16.5. The normalized spacial score (nSPS) is 12.6. The van der Waals surface area contributed by atoms with Gasteiger partial charge in [-0.25, -0.2) is 0 Å². The van der Waals surface area contributed by atoms with Crippen molar-refractivity contribution in [2.75, 3.05) is 0 Å². The van der Waals surface area contributed by atoms with Gasteiger partial charge in [0.15, 0.2) is 11.8 Å². The summed E-state index contributed by atoms with van der Waals surface area (Å²) in [5.74, 6) is -0.0440. The van der Waals surface area contributed by atoms with Gasteiger partial charge in [-0.15, -0.1) is 10.2 Å². The molecule has 3 rings (SSSR count). The van der Waals surface area contributed by atoms with Crippen LogP contribution in [0.3, 0.4) is 0 Å². The molecule has 2 aromatic carbocycles. The Morgan fingerprint density at radius 2 is 1.92 bits per heavy atom. The third-order valence-corrected chi connectivity index (χ3v) is 4.05. The highest BCUT2D eigenvalue weighted by Gasteiger charge is 2.16. The Labute approximate surface area is 145 Å². The number of carbonyl (C=O) groups is 1. The molecule has 1 amide bonds. The van der Waals surface area contributed by atoms with Crippen molar-refractivity contribution < 1.29 is 14.6 Å². The van der Waals surface area contributed by atoms with Crippen LogP contribution in [0.4, 0.5) is 5.69 Å². The molecular formula is C19H19N3O3. The molecule has 2 N–H and O–H groups in total. The maximum Gasteiger partial charge on any atom is 0.304 e. The predicted octanol–water partition coefficient (Wildman–Crippen LogP) is 4.57. The van der Waals surface area contributed by atoms with E-state index in [0.29, 0.717) is 11.1 Å². The molecule has 0 aliphatic rings. The number of H-pyrrole nitrogens is 1.